The Kier molecular flexibility index (Phi) is 4.17. The number of aromatic amines is 1. The van der Waals surface area contributed by atoms with Gasteiger partial charge in [-0.2, -0.15) is 0 Å². The van der Waals surface area contributed by atoms with Crippen LogP contribution in [0.15, 0.2) is 24.5 Å². The van der Waals surface area contributed by atoms with Crippen LogP contribution in [0.1, 0.15) is 16.8 Å². The van der Waals surface area contributed by atoms with Crippen molar-refractivity contribution in [3.8, 4) is 0 Å². The number of H-pyrrole nitrogens is 1. The van der Waals surface area contributed by atoms with E-state index < -0.39 is 30.3 Å². The minimum atomic E-state index is -1.34. The number of carboxylic acids is 1. The summed E-state index contributed by atoms with van der Waals surface area (Å²) >= 11 is 0. The number of rotatable bonds is 5. The molecule has 110 valence electrons. The fourth-order valence-corrected chi connectivity index (χ4v) is 1.77. The Hall–Kier alpha value is -2.90. The Morgan fingerprint density at radius 1 is 1.43 bits per heavy atom. The van der Waals surface area contributed by atoms with Crippen LogP contribution in [0.5, 0.6) is 0 Å². The van der Waals surface area contributed by atoms with Crippen LogP contribution < -0.4 is 5.32 Å². The van der Waals surface area contributed by atoms with Gasteiger partial charge in [-0.15, -0.1) is 0 Å². The Morgan fingerprint density at radius 2 is 2.19 bits per heavy atom. The molecule has 1 heterocycles. The molecule has 2 rings (SSSR count). The van der Waals surface area contributed by atoms with Gasteiger partial charge < -0.3 is 20.1 Å². The fourth-order valence-electron chi connectivity index (χ4n) is 1.77. The molecule has 0 bridgehead atoms. The van der Waals surface area contributed by atoms with E-state index in [2.05, 4.69) is 20.0 Å². The standard InChI is InChI=1S/C13H13N3O5/c1-21-11(17)5-10(13(19)20)16-12(18)7-2-3-8-9(4-7)15-6-14-8/h2-4,6,10H,5H2,1H3,(H,14,15)(H,16,18)(H,19,20)/t10-/m0/s1. The maximum Gasteiger partial charge on any atom is 0.326 e. The van der Waals surface area contributed by atoms with Crippen LogP contribution in [0, 0.1) is 0 Å². The fraction of sp³-hybridized carbons (Fsp3) is 0.231. The zero-order valence-electron chi connectivity index (χ0n) is 11.1. The number of aromatic nitrogens is 2. The van der Waals surface area contributed by atoms with Gasteiger partial charge in [-0.05, 0) is 18.2 Å². The number of carboxylic acid groups (broad SMARTS) is 1. The Labute approximate surface area is 119 Å². The molecule has 0 aliphatic carbocycles. The van der Waals surface area contributed by atoms with Gasteiger partial charge in [0.15, 0.2) is 0 Å². The van der Waals surface area contributed by atoms with Crippen LogP contribution in [-0.4, -0.2) is 46.1 Å². The van der Waals surface area contributed by atoms with E-state index in [4.69, 9.17) is 5.11 Å². The quantitative estimate of drug-likeness (QED) is 0.681. The van der Waals surface area contributed by atoms with Crippen LogP contribution in [0.25, 0.3) is 11.0 Å². The third kappa shape index (κ3) is 3.35. The second-order valence-electron chi connectivity index (χ2n) is 4.28. The Morgan fingerprint density at radius 3 is 2.86 bits per heavy atom. The SMILES string of the molecule is COC(=O)C[C@H](NC(=O)c1ccc2nc[nH]c2c1)C(=O)O. The van der Waals surface area contributed by atoms with Gasteiger partial charge in [-0.3, -0.25) is 9.59 Å². The molecule has 1 aromatic heterocycles. The highest BCUT2D eigenvalue weighted by atomic mass is 16.5. The van der Waals surface area contributed by atoms with Gasteiger partial charge in [-0.25, -0.2) is 9.78 Å². The zero-order valence-corrected chi connectivity index (χ0v) is 11.1. The lowest BCUT2D eigenvalue weighted by atomic mass is 10.1. The molecular weight excluding hydrogens is 278 g/mol. The van der Waals surface area contributed by atoms with Gasteiger partial charge in [0.1, 0.15) is 6.04 Å². The first-order valence-electron chi connectivity index (χ1n) is 6.05. The Bertz CT molecular complexity index is 694. The Balaban J connectivity index is 2.14. The molecule has 0 unspecified atom stereocenters. The maximum absolute atomic E-state index is 12.0. The van der Waals surface area contributed by atoms with E-state index in [9.17, 15) is 14.4 Å². The average Bonchev–Trinajstić information content (AvgIpc) is 2.93. The number of fused-ring (bicyclic) bond motifs is 1. The number of esters is 1. The van der Waals surface area contributed by atoms with Gasteiger partial charge in [0.2, 0.25) is 0 Å². The number of carbonyl (C=O) groups excluding carboxylic acids is 2. The zero-order chi connectivity index (χ0) is 15.4. The molecule has 0 saturated carbocycles. The van der Waals surface area contributed by atoms with Gasteiger partial charge in [-0.1, -0.05) is 0 Å². The van der Waals surface area contributed by atoms with Gasteiger partial charge in [0, 0.05) is 5.56 Å². The highest BCUT2D eigenvalue weighted by Crippen LogP contribution is 2.12. The average molecular weight is 291 g/mol. The molecule has 0 aliphatic heterocycles. The summed E-state index contributed by atoms with van der Waals surface area (Å²) in [6.07, 6.45) is 1.05. The van der Waals surface area contributed by atoms with Gasteiger partial charge >= 0.3 is 11.9 Å². The molecule has 3 N–H and O–H groups in total. The monoisotopic (exact) mass is 291 g/mol. The molecule has 0 saturated heterocycles. The summed E-state index contributed by atoms with van der Waals surface area (Å²) in [6, 6.07) is 3.36. The van der Waals surface area contributed by atoms with Crippen molar-refractivity contribution in [2.24, 2.45) is 0 Å². The molecule has 8 nitrogen and oxygen atoms in total. The first-order valence-corrected chi connectivity index (χ1v) is 6.05. The number of hydrogen-bond acceptors (Lipinski definition) is 5. The number of nitrogens with zero attached hydrogens (tertiary/aromatic N) is 1. The van der Waals surface area contributed by atoms with Crippen LogP contribution in [0.4, 0.5) is 0 Å². The van der Waals surface area contributed by atoms with E-state index in [1.807, 2.05) is 0 Å². The third-order valence-electron chi connectivity index (χ3n) is 2.88. The second kappa shape index (κ2) is 6.04. The maximum atomic E-state index is 12.0. The minimum absolute atomic E-state index is 0.267. The summed E-state index contributed by atoms with van der Waals surface area (Å²) in [5.74, 6) is -2.62. The molecule has 0 fully saturated rings. The normalized spacial score (nSPS) is 11.9. The molecule has 0 radical (unpaired) electrons. The predicted molar refractivity (Wildman–Crippen MR) is 71.6 cm³/mol. The summed E-state index contributed by atoms with van der Waals surface area (Å²) in [7, 11) is 1.15. The van der Waals surface area contributed by atoms with E-state index >= 15 is 0 Å². The molecule has 0 spiro atoms. The highest BCUT2D eigenvalue weighted by molar-refractivity contribution is 5.99. The number of amides is 1. The highest BCUT2D eigenvalue weighted by Gasteiger charge is 2.24. The molecule has 8 heteroatoms. The number of imidazole rings is 1. The molecule has 2 aromatic rings. The van der Waals surface area contributed by atoms with E-state index in [-0.39, 0.29) is 5.56 Å². The topological polar surface area (TPSA) is 121 Å². The first kappa shape index (κ1) is 14.5. The lowest BCUT2D eigenvalue weighted by molar-refractivity contribution is -0.147. The van der Waals surface area contributed by atoms with Crippen molar-refractivity contribution in [1.29, 1.82) is 0 Å². The van der Waals surface area contributed by atoms with Gasteiger partial charge in [0.25, 0.3) is 5.91 Å². The molecule has 1 aromatic carbocycles. The molecule has 1 amide bonds. The summed E-state index contributed by atoms with van der Waals surface area (Å²) < 4.78 is 4.40. The third-order valence-corrected chi connectivity index (χ3v) is 2.88. The van der Waals surface area contributed by atoms with Crippen molar-refractivity contribution in [3.05, 3.63) is 30.1 Å². The lowest BCUT2D eigenvalue weighted by Crippen LogP contribution is -2.42. The van der Waals surface area contributed by atoms with E-state index in [0.29, 0.717) is 11.0 Å². The van der Waals surface area contributed by atoms with Crippen molar-refractivity contribution >= 4 is 28.9 Å². The lowest BCUT2D eigenvalue weighted by Gasteiger charge is -2.13. The number of benzene rings is 1. The van der Waals surface area contributed by atoms with Crippen LogP contribution in [0.3, 0.4) is 0 Å². The largest absolute Gasteiger partial charge is 0.480 e. The second-order valence-corrected chi connectivity index (χ2v) is 4.28. The first-order chi connectivity index (χ1) is 10.0. The van der Waals surface area contributed by atoms with Crippen molar-refractivity contribution < 1.29 is 24.2 Å². The van der Waals surface area contributed by atoms with Crippen molar-refractivity contribution in [2.45, 2.75) is 12.5 Å². The van der Waals surface area contributed by atoms with Crippen molar-refractivity contribution in [2.75, 3.05) is 7.11 Å². The minimum Gasteiger partial charge on any atom is -0.480 e. The smallest absolute Gasteiger partial charge is 0.326 e. The van der Waals surface area contributed by atoms with Crippen LogP contribution in [0.2, 0.25) is 0 Å². The van der Waals surface area contributed by atoms with Crippen LogP contribution in [-0.2, 0) is 14.3 Å². The number of aliphatic carboxylic acids is 1. The number of nitrogens with one attached hydrogen (secondary N) is 2. The number of carbonyl (C=O) groups is 3. The predicted octanol–water partition coefficient (Wildman–Crippen LogP) is 0.309. The summed E-state index contributed by atoms with van der Waals surface area (Å²) in [4.78, 5) is 41.1. The summed E-state index contributed by atoms with van der Waals surface area (Å²) in [5, 5.41) is 11.3. The molecule has 0 aliphatic rings. The van der Waals surface area contributed by atoms with E-state index in [1.165, 1.54) is 12.4 Å². The van der Waals surface area contributed by atoms with Crippen LogP contribution >= 0.6 is 0 Å². The van der Waals surface area contributed by atoms with E-state index in [0.717, 1.165) is 7.11 Å². The summed E-state index contributed by atoms with van der Waals surface area (Å²) in [6.45, 7) is 0. The van der Waals surface area contributed by atoms with E-state index in [1.54, 1.807) is 12.1 Å². The molecule has 1 atom stereocenters. The summed E-state index contributed by atoms with van der Waals surface area (Å²) in [5.41, 5.74) is 1.61. The van der Waals surface area contributed by atoms with Crippen molar-refractivity contribution in [3.63, 3.8) is 0 Å². The number of ether oxygens (including phenoxy) is 1. The number of methoxy groups -OCH3 is 1. The molecular formula is C13H13N3O5. The van der Waals surface area contributed by atoms with Crippen molar-refractivity contribution in [1.82, 2.24) is 15.3 Å². The number of hydrogen-bond donors (Lipinski definition) is 3. The molecule has 21 heavy (non-hydrogen) atoms. The van der Waals surface area contributed by atoms with Gasteiger partial charge in [0.05, 0.1) is 30.9 Å².